The summed E-state index contributed by atoms with van der Waals surface area (Å²) >= 11 is 0. The van der Waals surface area contributed by atoms with E-state index in [1.807, 2.05) is 0 Å². The Morgan fingerprint density at radius 2 is 1.87 bits per heavy atom. The van der Waals surface area contributed by atoms with Crippen LogP contribution in [0, 0.1) is 0 Å². The van der Waals surface area contributed by atoms with E-state index >= 15 is 0 Å². The molecule has 0 atom stereocenters. The van der Waals surface area contributed by atoms with Gasteiger partial charge in [0.1, 0.15) is 16.7 Å². The summed E-state index contributed by atoms with van der Waals surface area (Å²) in [5, 5.41) is 27.6. The zero-order valence-corrected chi connectivity index (χ0v) is 16.6. The van der Waals surface area contributed by atoms with Crippen molar-refractivity contribution >= 4 is 17.0 Å². The molecular weight excluding hydrogens is 415 g/mol. The second-order valence-electron chi connectivity index (χ2n) is 6.97. The number of aryl methyl sites for hydroxylation is 1. The Bertz CT molecular complexity index is 1140. The van der Waals surface area contributed by atoms with Crippen molar-refractivity contribution < 1.29 is 32.9 Å². The topological polar surface area (TPSA) is 97.5 Å². The Morgan fingerprint density at radius 3 is 2.52 bits per heavy atom. The van der Waals surface area contributed by atoms with Gasteiger partial charge in [-0.05, 0) is 61.6 Å². The number of fused-ring (bicyclic) bond motifs is 1. The van der Waals surface area contributed by atoms with E-state index in [1.54, 1.807) is 12.1 Å². The molecule has 0 aliphatic heterocycles. The highest BCUT2D eigenvalue weighted by molar-refractivity contribution is 5.85. The number of unbranched alkanes of at least 4 members (excludes halogenated alkanes) is 1. The van der Waals surface area contributed by atoms with Gasteiger partial charge in [-0.2, -0.15) is 13.2 Å². The number of hydrogen-bond donors (Lipinski definition) is 2. The Kier molecular flexibility index (Phi) is 6.19. The molecule has 0 saturated carbocycles. The monoisotopic (exact) mass is 435 g/mol. The number of phenols is 1. The average molecular weight is 435 g/mol. The number of aromatic hydroxyl groups is 1. The summed E-state index contributed by atoms with van der Waals surface area (Å²) in [4.78, 5) is 11.9. The highest BCUT2D eigenvalue weighted by Gasteiger charge is 2.31. The summed E-state index contributed by atoms with van der Waals surface area (Å²) in [6, 6.07) is 6.29. The summed E-state index contributed by atoms with van der Waals surface area (Å²) in [5.41, 5.74) is 0.492. The molecule has 164 valence electrons. The molecular formula is C21H20F3N3O4. The van der Waals surface area contributed by atoms with Crippen LogP contribution in [0.3, 0.4) is 0 Å². The molecule has 0 spiro atoms. The zero-order valence-electron chi connectivity index (χ0n) is 16.6. The number of methoxy groups -OCH3 is 1. The number of rotatable bonds is 8. The lowest BCUT2D eigenvalue weighted by Crippen LogP contribution is -2.04. The van der Waals surface area contributed by atoms with Gasteiger partial charge in [0.25, 0.3) is 0 Å². The number of aliphatic carboxylic acids is 1. The van der Waals surface area contributed by atoms with Crippen molar-refractivity contribution in [3.05, 3.63) is 53.6 Å². The fourth-order valence-electron chi connectivity index (χ4n) is 3.07. The van der Waals surface area contributed by atoms with Crippen molar-refractivity contribution in [2.24, 2.45) is 0 Å². The Labute approximate surface area is 175 Å². The van der Waals surface area contributed by atoms with Crippen LogP contribution in [0.1, 0.15) is 30.4 Å². The molecule has 0 unspecified atom stereocenters. The molecule has 7 nitrogen and oxygen atoms in total. The molecule has 3 rings (SSSR count). The molecule has 0 bridgehead atoms. The normalized spacial score (nSPS) is 11.6. The van der Waals surface area contributed by atoms with E-state index in [9.17, 15) is 23.1 Å². The maximum Gasteiger partial charge on any atom is 0.416 e. The first kappa shape index (κ1) is 22.1. The van der Waals surface area contributed by atoms with Gasteiger partial charge in [0.05, 0.1) is 12.7 Å². The van der Waals surface area contributed by atoms with E-state index in [1.165, 1.54) is 13.2 Å². The van der Waals surface area contributed by atoms with Gasteiger partial charge in [-0.1, -0.05) is 6.58 Å². The summed E-state index contributed by atoms with van der Waals surface area (Å²) in [6.45, 7) is 3.49. The number of ether oxygens (including phenoxy) is 1. The van der Waals surface area contributed by atoms with Gasteiger partial charge in [0, 0.05) is 5.57 Å². The van der Waals surface area contributed by atoms with E-state index in [-0.39, 0.29) is 33.8 Å². The number of phenolic OH excluding ortho intramolecular Hbond substituents is 1. The lowest BCUT2D eigenvalue weighted by atomic mass is 10.0. The maximum atomic E-state index is 13.0. The zero-order chi connectivity index (χ0) is 22.8. The van der Waals surface area contributed by atoms with Crippen molar-refractivity contribution in [3.63, 3.8) is 0 Å². The van der Waals surface area contributed by atoms with Gasteiger partial charge in [0.15, 0.2) is 11.5 Å². The molecule has 0 aliphatic carbocycles. The second-order valence-corrected chi connectivity index (χ2v) is 6.97. The van der Waals surface area contributed by atoms with Gasteiger partial charge in [0.2, 0.25) is 0 Å². The number of nitrogens with zero attached hydrogens (tertiary/aromatic N) is 3. The second kappa shape index (κ2) is 8.66. The van der Waals surface area contributed by atoms with E-state index in [0.29, 0.717) is 25.7 Å². The number of benzene rings is 2. The first-order valence-corrected chi connectivity index (χ1v) is 9.35. The predicted octanol–water partition coefficient (Wildman–Crippen LogP) is 4.51. The van der Waals surface area contributed by atoms with Crippen LogP contribution >= 0.6 is 0 Å². The predicted molar refractivity (Wildman–Crippen MR) is 106 cm³/mol. The van der Waals surface area contributed by atoms with E-state index in [4.69, 9.17) is 9.84 Å². The van der Waals surface area contributed by atoms with Crippen LogP contribution < -0.4 is 4.74 Å². The molecule has 31 heavy (non-hydrogen) atoms. The van der Waals surface area contributed by atoms with Gasteiger partial charge in [-0.15, -0.1) is 15.0 Å². The quantitative estimate of drug-likeness (QED) is 0.399. The van der Waals surface area contributed by atoms with Crippen LogP contribution in [-0.4, -0.2) is 38.3 Å². The minimum Gasteiger partial charge on any atom is -0.503 e. The van der Waals surface area contributed by atoms with Crippen LogP contribution in [0.5, 0.6) is 11.5 Å². The molecule has 0 fully saturated rings. The van der Waals surface area contributed by atoms with Crippen molar-refractivity contribution in [3.8, 4) is 17.2 Å². The van der Waals surface area contributed by atoms with Gasteiger partial charge in [-0.25, -0.2) is 4.79 Å². The first-order valence-electron chi connectivity index (χ1n) is 9.35. The molecule has 0 radical (unpaired) electrons. The van der Waals surface area contributed by atoms with Gasteiger partial charge in [-0.3, -0.25) is 0 Å². The third-order valence-corrected chi connectivity index (χ3v) is 4.75. The third-order valence-electron chi connectivity index (χ3n) is 4.75. The third kappa shape index (κ3) is 4.96. The van der Waals surface area contributed by atoms with Crippen LogP contribution in [0.25, 0.3) is 16.7 Å². The minimum absolute atomic E-state index is 0.0331. The molecule has 10 heteroatoms. The number of carbonyl (C=O) groups is 1. The Hall–Kier alpha value is -3.56. The summed E-state index contributed by atoms with van der Waals surface area (Å²) in [7, 11) is 1.38. The van der Waals surface area contributed by atoms with Crippen LogP contribution in [0.15, 0.2) is 42.5 Å². The van der Waals surface area contributed by atoms with Gasteiger partial charge < -0.3 is 14.9 Å². The smallest absolute Gasteiger partial charge is 0.416 e. The standard InChI is InChI=1S/C21H20F3N3O4/c1-12(20(29)30)5-3-4-6-13-9-17(19(28)18(10-13)31-2)27-25-15-8-7-14(21(22,23)24)11-16(15)26-27/h7-11,28H,1,3-6H2,2H3,(H,29,30). The Morgan fingerprint density at radius 1 is 1.16 bits per heavy atom. The molecule has 0 amide bonds. The highest BCUT2D eigenvalue weighted by Crippen LogP contribution is 2.35. The van der Waals surface area contributed by atoms with Crippen LogP contribution in [-0.2, 0) is 17.4 Å². The minimum atomic E-state index is -4.50. The van der Waals surface area contributed by atoms with Crippen LogP contribution in [0.2, 0.25) is 0 Å². The molecule has 1 heterocycles. The molecule has 2 N–H and O–H groups in total. The van der Waals surface area contributed by atoms with E-state index in [0.717, 1.165) is 22.5 Å². The molecule has 1 aromatic heterocycles. The van der Waals surface area contributed by atoms with E-state index < -0.39 is 17.7 Å². The summed E-state index contributed by atoms with van der Waals surface area (Å²) in [6.07, 6.45) is -2.34. The van der Waals surface area contributed by atoms with Crippen LogP contribution in [0.4, 0.5) is 13.2 Å². The summed E-state index contributed by atoms with van der Waals surface area (Å²) < 4.78 is 44.1. The SMILES string of the molecule is C=C(CCCCc1cc(OC)c(O)c(-n2nc3ccc(C(F)(F)F)cc3n2)c1)C(=O)O. The molecule has 3 aromatic rings. The largest absolute Gasteiger partial charge is 0.503 e. The number of alkyl halides is 3. The van der Waals surface area contributed by atoms with Crippen molar-refractivity contribution in [1.82, 2.24) is 15.0 Å². The number of hydrogen-bond acceptors (Lipinski definition) is 5. The molecule has 0 aliphatic rings. The first-order chi connectivity index (χ1) is 14.6. The number of aromatic nitrogens is 3. The Balaban J connectivity index is 1.89. The van der Waals surface area contributed by atoms with Gasteiger partial charge >= 0.3 is 12.1 Å². The van der Waals surface area contributed by atoms with Crippen molar-refractivity contribution in [2.75, 3.05) is 7.11 Å². The van der Waals surface area contributed by atoms with E-state index in [2.05, 4.69) is 16.8 Å². The molecule has 0 saturated heterocycles. The fraction of sp³-hybridized carbons (Fsp3) is 0.286. The lowest BCUT2D eigenvalue weighted by Gasteiger charge is -2.11. The highest BCUT2D eigenvalue weighted by atomic mass is 19.4. The molecule has 2 aromatic carbocycles. The average Bonchev–Trinajstić information content (AvgIpc) is 3.14. The summed E-state index contributed by atoms with van der Waals surface area (Å²) in [5.74, 6) is -1.11. The van der Waals surface area contributed by atoms with Crippen molar-refractivity contribution in [2.45, 2.75) is 31.9 Å². The maximum absolute atomic E-state index is 13.0. The van der Waals surface area contributed by atoms with Crippen molar-refractivity contribution in [1.29, 1.82) is 0 Å². The number of carboxylic acid groups (broad SMARTS) is 1. The number of carboxylic acids is 1. The lowest BCUT2D eigenvalue weighted by molar-refractivity contribution is -0.137. The fourth-order valence-corrected chi connectivity index (χ4v) is 3.07. The number of halogens is 3.